The fourth-order valence-electron chi connectivity index (χ4n) is 1.38. The van der Waals surface area contributed by atoms with Gasteiger partial charge in [-0.1, -0.05) is 24.3 Å². The Labute approximate surface area is 75.5 Å². The standard InChI is InChI=1S/C8H8N2OS/c11-7-5-3-1-2-4-6(5)9-8(12)10-7/h1-6H,(H2,9,10,11,12). The Kier molecular flexibility index (Phi) is 1.69. The van der Waals surface area contributed by atoms with Gasteiger partial charge in [-0.15, -0.1) is 0 Å². The van der Waals surface area contributed by atoms with Crippen LogP contribution in [-0.4, -0.2) is 17.1 Å². The summed E-state index contributed by atoms with van der Waals surface area (Å²) < 4.78 is 0. The van der Waals surface area contributed by atoms with Crippen molar-refractivity contribution in [3.05, 3.63) is 24.3 Å². The summed E-state index contributed by atoms with van der Waals surface area (Å²) >= 11 is 4.85. The normalized spacial score (nSPS) is 32.3. The lowest BCUT2D eigenvalue weighted by atomic mass is 9.93. The Morgan fingerprint density at radius 2 is 2.08 bits per heavy atom. The monoisotopic (exact) mass is 180 g/mol. The van der Waals surface area contributed by atoms with Crippen LogP contribution in [-0.2, 0) is 4.79 Å². The van der Waals surface area contributed by atoms with Crippen LogP contribution in [0.4, 0.5) is 0 Å². The molecule has 0 aromatic rings. The summed E-state index contributed by atoms with van der Waals surface area (Å²) in [5.41, 5.74) is 0. The Morgan fingerprint density at radius 3 is 2.92 bits per heavy atom. The second-order valence-electron chi connectivity index (χ2n) is 2.78. The zero-order valence-corrected chi connectivity index (χ0v) is 7.10. The van der Waals surface area contributed by atoms with Crippen LogP contribution >= 0.6 is 12.2 Å². The third-order valence-corrected chi connectivity index (χ3v) is 2.19. The van der Waals surface area contributed by atoms with Gasteiger partial charge >= 0.3 is 0 Å². The number of fused-ring (bicyclic) bond motifs is 1. The second kappa shape index (κ2) is 2.71. The quantitative estimate of drug-likeness (QED) is 0.519. The molecule has 2 unspecified atom stereocenters. The maximum absolute atomic E-state index is 11.3. The molecule has 2 rings (SSSR count). The summed E-state index contributed by atoms with van der Waals surface area (Å²) in [6.07, 6.45) is 7.59. The average Bonchev–Trinajstić information content (AvgIpc) is 2.04. The number of thiocarbonyl (C=S) groups is 1. The highest BCUT2D eigenvalue weighted by Crippen LogP contribution is 2.15. The van der Waals surface area contributed by atoms with E-state index in [-0.39, 0.29) is 17.9 Å². The van der Waals surface area contributed by atoms with Crippen molar-refractivity contribution in [1.82, 2.24) is 10.6 Å². The molecule has 3 nitrogen and oxygen atoms in total. The number of carbonyl (C=O) groups excluding carboxylic acids is 1. The molecular weight excluding hydrogens is 172 g/mol. The topological polar surface area (TPSA) is 41.1 Å². The largest absolute Gasteiger partial charge is 0.355 e. The maximum Gasteiger partial charge on any atom is 0.235 e. The average molecular weight is 180 g/mol. The number of amides is 1. The molecule has 2 aliphatic rings. The molecule has 2 atom stereocenters. The molecule has 1 fully saturated rings. The van der Waals surface area contributed by atoms with Crippen LogP contribution in [0.25, 0.3) is 0 Å². The van der Waals surface area contributed by atoms with Gasteiger partial charge in [0.25, 0.3) is 0 Å². The molecule has 0 bridgehead atoms. The second-order valence-corrected chi connectivity index (χ2v) is 3.19. The minimum absolute atomic E-state index is 0.0237. The third kappa shape index (κ3) is 1.14. The van der Waals surface area contributed by atoms with Crippen LogP contribution in [0.3, 0.4) is 0 Å². The van der Waals surface area contributed by atoms with Crippen molar-refractivity contribution >= 4 is 23.2 Å². The van der Waals surface area contributed by atoms with E-state index >= 15 is 0 Å². The van der Waals surface area contributed by atoms with Crippen molar-refractivity contribution in [2.45, 2.75) is 6.04 Å². The van der Waals surface area contributed by atoms with Gasteiger partial charge in [-0.2, -0.15) is 0 Å². The Morgan fingerprint density at radius 1 is 1.33 bits per heavy atom. The molecule has 0 aromatic heterocycles. The summed E-state index contributed by atoms with van der Waals surface area (Å²) in [5, 5.41) is 6.00. The van der Waals surface area contributed by atoms with E-state index in [0.29, 0.717) is 5.11 Å². The van der Waals surface area contributed by atoms with Crippen LogP contribution < -0.4 is 10.6 Å². The van der Waals surface area contributed by atoms with E-state index in [2.05, 4.69) is 10.6 Å². The summed E-state index contributed by atoms with van der Waals surface area (Å²) in [6.45, 7) is 0. The first kappa shape index (κ1) is 7.49. The van der Waals surface area contributed by atoms with Gasteiger partial charge in [0.05, 0.1) is 12.0 Å². The minimum Gasteiger partial charge on any atom is -0.355 e. The van der Waals surface area contributed by atoms with E-state index < -0.39 is 0 Å². The molecule has 0 radical (unpaired) electrons. The number of rotatable bonds is 0. The lowest BCUT2D eigenvalue weighted by Gasteiger charge is -2.30. The minimum atomic E-state index is -0.110. The Bertz CT molecular complexity index is 295. The van der Waals surface area contributed by atoms with Gasteiger partial charge < -0.3 is 10.6 Å². The van der Waals surface area contributed by atoms with E-state index in [0.717, 1.165) is 0 Å². The molecule has 1 aliphatic heterocycles. The first-order chi connectivity index (χ1) is 5.77. The molecule has 4 heteroatoms. The molecule has 1 heterocycles. The van der Waals surface area contributed by atoms with Crippen LogP contribution in [0, 0.1) is 5.92 Å². The third-order valence-electron chi connectivity index (χ3n) is 1.97. The lowest BCUT2D eigenvalue weighted by Crippen LogP contribution is -2.57. The number of hydrogen-bond donors (Lipinski definition) is 2. The first-order valence-corrected chi connectivity index (χ1v) is 4.14. The van der Waals surface area contributed by atoms with Crippen molar-refractivity contribution < 1.29 is 4.79 Å². The Hall–Kier alpha value is -1.16. The van der Waals surface area contributed by atoms with Gasteiger partial charge in [-0.3, -0.25) is 4.79 Å². The SMILES string of the molecule is O=C1NC(=S)NC2C=CC=CC12. The predicted octanol–water partition coefficient (Wildman–Crippen LogP) is 0.101. The van der Waals surface area contributed by atoms with Crippen LogP contribution in [0.5, 0.6) is 0 Å². The van der Waals surface area contributed by atoms with Crippen LogP contribution in [0.1, 0.15) is 0 Å². The van der Waals surface area contributed by atoms with E-state index in [1.165, 1.54) is 0 Å². The smallest absolute Gasteiger partial charge is 0.235 e. The fourth-order valence-corrected chi connectivity index (χ4v) is 1.61. The molecular formula is C8H8N2OS. The van der Waals surface area contributed by atoms with Crippen molar-refractivity contribution in [3.63, 3.8) is 0 Å². The summed E-state index contributed by atoms with van der Waals surface area (Å²) in [4.78, 5) is 11.3. The molecule has 0 spiro atoms. The first-order valence-electron chi connectivity index (χ1n) is 3.74. The summed E-state index contributed by atoms with van der Waals surface area (Å²) in [6, 6.07) is 0.0382. The fraction of sp³-hybridized carbons (Fsp3) is 0.250. The highest BCUT2D eigenvalue weighted by Gasteiger charge is 2.30. The van der Waals surface area contributed by atoms with Crippen LogP contribution in [0.15, 0.2) is 24.3 Å². The number of hydrogen-bond acceptors (Lipinski definition) is 2. The van der Waals surface area contributed by atoms with E-state index in [1.54, 1.807) is 0 Å². The zero-order valence-electron chi connectivity index (χ0n) is 6.28. The number of nitrogens with one attached hydrogen (secondary N) is 2. The van der Waals surface area contributed by atoms with Gasteiger partial charge in [0.2, 0.25) is 5.91 Å². The molecule has 0 aromatic carbocycles. The number of allylic oxidation sites excluding steroid dienone is 2. The van der Waals surface area contributed by atoms with Crippen molar-refractivity contribution in [2.75, 3.05) is 0 Å². The molecule has 1 saturated heterocycles. The van der Waals surface area contributed by atoms with Crippen LogP contribution in [0.2, 0.25) is 0 Å². The molecule has 1 aliphatic carbocycles. The molecule has 0 saturated carbocycles. The van der Waals surface area contributed by atoms with Gasteiger partial charge in [-0.25, -0.2) is 0 Å². The number of carbonyl (C=O) groups is 1. The predicted molar refractivity (Wildman–Crippen MR) is 49.4 cm³/mol. The van der Waals surface area contributed by atoms with Gasteiger partial charge in [0, 0.05) is 0 Å². The highest BCUT2D eigenvalue weighted by molar-refractivity contribution is 7.80. The van der Waals surface area contributed by atoms with Gasteiger partial charge in [-0.05, 0) is 12.2 Å². The van der Waals surface area contributed by atoms with Crippen molar-refractivity contribution in [1.29, 1.82) is 0 Å². The molecule has 62 valence electrons. The van der Waals surface area contributed by atoms with Crippen molar-refractivity contribution in [2.24, 2.45) is 5.92 Å². The summed E-state index contributed by atoms with van der Waals surface area (Å²) in [5.74, 6) is -0.133. The Balaban J connectivity index is 2.25. The zero-order chi connectivity index (χ0) is 8.55. The lowest BCUT2D eigenvalue weighted by molar-refractivity contribution is -0.123. The van der Waals surface area contributed by atoms with Gasteiger partial charge in [0.15, 0.2) is 5.11 Å². The molecule has 1 amide bonds. The van der Waals surface area contributed by atoms with Gasteiger partial charge in [0.1, 0.15) is 0 Å². The molecule has 12 heavy (non-hydrogen) atoms. The highest BCUT2D eigenvalue weighted by atomic mass is 32.1. The van der Waals surface area contributed by atoms with Crippen molar-refractivity contribution in [3.8, 4) is 0 Å². The summed E-state index contributed by atoms with van der Waals surface area (Å²) in [7, 11) is 0. The molecule has 2 N–H and O–H groups in total. The van der Waals surface area contributed by atoms with E-state index in [9.17, 15) is 4.79 Å². The van der Waals surface area contributed by atoms with E-state index in [1.807, 2.05) is 24.3 Å². The maximum atomic E-state index is 11.3. The van der Waals surface area contributed by atoms with E-state index in [4.69, 9.17) is 12.2 Å².